The van der Waals surface area contributed by atoms with Crippen molar-refractivity contribution in [2.24, 2.45) is 5.41 Å². The van der Waals surface area contributed by atoms with Crippen molar-refractivity contribution in [1.29, 1.82) is 0 Å². The Labute approximate surface area is 136 Å². The van der Waals surface area contributed by atoms with Crippen LogP contribution in [0.15, 0.2) is 54.6 Å². The molecule has 2 aromatic carbocycles. The van der Waals surface area contributed by atoms with Gasteiger partial charge in [0, 0.05) is 0 Å². The third-order valence-corrected chi connectivity index (χ3v) is 4.90. The maximum absolute atomic E-state index is 6.06. The molecular formula is C19H21N3O. The monoisotopic (exact) mass is 307 g/mol. The zero-order valence-corrected chi connectivity index (χ0v) is 13.7. The number of epoxide rings is 1. The van der Waals surface area contributed by atoms with Crippen LogP contribution in [0.2, 0.25) is 0 Å². The Morgan fingerprint density at radius 1 is 1.04 bits per heavy atom. The summed E-state index contributed by atoms with van der Waals surface area (Å²) in [5.74, 6) is 0. The average Bonchev–Trinajstić information content (AvgIpc) is 3.24. The zero-order chi connectivity index (χ0) is 16.1. The van der Waals surface area contributed by atoms with E-state index in [0.29, 0.717) is 0 Å². The Morgan fingerprint density at radius 3 is 2.35 bits per heavy atom. The molecule has 0 aliphatic carbocycles. The average molecular weight is 307 g/mol. The van der Waals surface area contributed by atoms with Gasteiger partial charge in [0.1, 0.15) is 17.2 Å². The van der Waals surface area contributed by atoms with Crippen LogP contribution in [0.1, 0.15) is 32.4 Å². The van der Waals surface area contributed by atoms with Gasteiger partial charge in [0.15, 0.2) is 0 Å². The summed E-state index contributed by atoms with van der Waals surface area (Å²) in [7, 11) is 0. The van der Waals surface area contributed by atoms with Crippen molar-refractivity contribution in [1.82, 2.24) is 15.0 Å². The van der Waals surface area contributed by atoms with Gasteiger partial charge < -0.3 is 4.74 Å². The molecule has 4 heteroatoms. The molecule has 0 bridgehead atoms. The molecule has 0 radical (unpaired) electrons. The summed E-state index contributed by atoms with van der Waals surface area (Å²) in [6.07, 6.45) is 0. The fraction of sp³-hybridized carbons (Fsp3) is 0.368. The minimum absolute atomic E-state index is 0.000557. The molecule has 0 saturated carbocycles. The molecule has 118 valence electrons. The third-order valence-electron chi connectivity index (χ3n) is 4.90. The van der Waals surface area contributed by atoms with Crippen molar-refractivity contribution >= 4 is 11.0 Å². The van der Waals surface area contributed by atoms with Gasteiger partial charge in [-0.05, 0) is 23.1 Å². The quantitative estimate of drug-likeness (QED) is 0.691. The minimum atomic E-state index is -0.259. The first-order valence-corrected chi connectivity index (χ1v) is 8.02. The lowest BCUT2D eigenvalue weighted by molar-refractivity contribution is 0.108. The third kappa shape index (κ3) is 2.17. The molecule has 1 aromatic heterocycles. The summed E-state index contributed by atoms with van der Waals surface area (Å²) in [5, 5.41) is 8.82. The molecule has 1 fully saturated rings. The van der Waals surface area contributed by atoms with Crippen LogP contribution >= 0.6 is 0 Å². The predicted molar refractivity (Wildman–Crippen MR) is 90.2 cm³/mol. The van der Waals surface area contributed by atoms with Crippen LogP contribution in [0.4, 0.5) is 0 Å². The number of aromatic nitrogens is 3. The lowest BCUT2D eigenvalue weighted by Crippen LogP contribution is -2.40. The first-order valence-electron chi connectivity index (χ1n) is 8.02. The summed E-state index contributed by atoms with van der Waals surface area (Å²) < 4.78 is 8.09. The molecule has 0 N–H and O–H groups in total. The van der Waals surface area contributed by atoms with Crippen LogP contribution in [0.5, 0.6) is 0 Å². The molecule has 1 aliphatic heterocycles. The van der Waals surface area contributed by atoms with Crippen LogP contribution in [0.3, 0.4) is 0 Å². The predicted octanol–water partition coefficient (Wildman–Crippen LogP) is 3.84. The van der Waals surface area contributed by atoms with Gasteiger partial charge in [-0.15, -0.1) is 5.10 Å². The summed E-state index contributed by atoms with van der Waals surface area (Å²) in [5.41, 5.74) is 2.90. The zero-order valence-electron chi connectivity index (χ0n) is 13.7. The van der Waals surface area contributed by atoms with Crippen LogP contribution in [0.25, 0.3) is 11.0 Å². The van der Waals surface area contributed by atoms with E-state index in [0.717, 1.165) is 17.6 Å². The minimum Gasteiger partial charge on any atom is -0.366 e. The number of ether oxygens (including phenoxy) is 1. The second-order valence-corrected chi connectivity index (χ2v) is 7.26. The normalized spacial score (nSPS) is 22.2. The summed E-state index contributed by atoms with van der Waals surface area (Å²) in [6.45, 7) is 7.43. The van der Waals surface area contributed by atoms with Crippen molar-refractivity contribution in [2.75, 3.05) is 6.61 Å². The van der Waals surface area contributed by atoms with Crippen molar-refractivity contribution < 1.29 is 4.74 Å². The maximum Gasteiger partial charge on any atom is 0.123 e. The van der Waals surface area contributed by atoms with Crippen molar-refractivity contribution in [3.8, 4) is 0 Å². The van der Waals surface area contributed by atoms with E-state index in [4.69, 9.17) is 4.74 Å². The molecule has 0 amide bonds. The van der Waals surface area contributed by atoms with Crippen LogP contribution in [-0.2, 0) is 4.74 Å². The maximum atomic E-state index is 6.06. The standard InChI is InChI=1S/C19H21N3O/c1-18(2,3)19(13-23-19)17(14-9-5-4-6-10-14)22-16-12-8-7-11-15(16)20-21-22/h4-12,17H,13H2,1-3H3/t17-,19-/m0/s1. The summed E-state index contributed by atoms with van der Waals surface area (Å²) in [4.78, 5) is 0. The highest BCUT2D eigenvalue weighted by Crippen LogP contribution is 2.54. The molecule has 3 aromatic rings. The number of para-hydroxylation sites is 1. The Balaban J connectivity index is 1.94. The number of nitrogens with zero attached hydrogens (tertiary/aromatic N) is 3. The lowest BCUT2D eigenvalue weighted by Gasteiger charge is -2.35. The molecular weight excluding hydrogens is 286 g/mol. The molecule has 4 nitrogen and oxygen atoms in total. The van der Waals surface area contributed by atoms with E-state index in [1.807, 2.05) is 28.9 Å². The van der Waals surface area contributed by atoms with E-state index >= 15 is 0 Å². The van der Waals surface area contributed by atoms with Gasteiger partial charge in [-0.1, -0.05) is 68.4 Å². The van der Waals surface area contributed by atoms with Crippen LogP contribution in [0, 0.1) is 5.41 Å². The van der Waals surface area contributed by atoms with Gasteiger partial charge in [-0.25, -0.2) is 4.68 Å². The van der Waals surface area contributed by atoms with Gasteiger partial charge >= 0.3 is 0 Å². The molecule has 0 unspecified atom stereocenters. The SMILES string of the molecule is CC(C)(C)[C@@]1([C@H](c2ccccc2)n2nnc3ccccc32)CO1. The lowest BCUT2D eigenvalue weighted by atomic mass is 9.74. The molecule has 23 heavy (non-hydrogen) atoms. The van der Waals surface area contributed by atoms with Gasteiger partial charge in [0.2, 0.25) is 0 Å². The van der Waals surface area contributed by atoms with Crippen LogP contribution in [-0.4, -0.2) is 27.2 Å². The molecule has 4 rings (SSSR count). The first-order chi connectivity index (χ1) is 11.0. The topological polar surface area (TPSA) is 43.2 Å². The highest BCUT2D eigenvalue weighted by Gasteiger charge is 2.61. The first kappa shape index (κ1) is 14.4. The number of hydrogen-bond acceptors (Lipinski definition) is 3. The second kappa shape index (κ2) is 4.90. The number of hydrogen-bond donors (Lipinski definition) is 0. The fourth-order valence-electron chi connectivity index (χ4n) is 3.40. The fourth-order valence-corrected chi connectivity index (χ4v) is 3.40. The van der Waals surface area contributed by atoms with Crippen molar-refractivity contribution in [2.45, 2.75) is 32.4 Å². The number of benzene rings is 2. The highest BCUT2D eigenvalue weighted by molar-refractivity contribution is 5.74. The molecule has 1 saturated heterocycles. The second-order valence-electron chi connectivity index (χ2n) is 7.26. The Kier molecular flexibility index (Phi) is 3.07. The van der Waals surface area contributed by atoms with E-state index < -0.39 is 0 Å². The Bertz CT molecular complexity index is 828. The summed E-state index contributed by atoms with van der Waals surface area (Å²) >= 11 is 0. The largest absolute Gasteiger partial charge is 0.366 e. The van der Waals surface area contributed by atoms with E-state index in [-0.39, 0.29) is 17.1 Å². The van der Waals surface area contributed by atoms with Gasteiger partial charge in [0.25, 0.3) is 0 Å². The van der Waals surface area contributed by atoms with Gasteiger partial charge in [0.05, 0.1) is 12.1 Å². The van der Waals surface area contributed by atoms with E-state index in [2.05, 4.69) is 61.4 Å². The smallest absolute Gasteiger partial charge is 0.123 e. The number of fused-ring (bicyclic) bond motifs is 1. The van der Waals surface area contributed by atoms with E-state index in [1.54, 1.807) is 0 Å². The Morgan fingerprint density at radius 2 is 1.70 bits per heavy atom. The number of rotatable bonds is 3. The van der Waals surface area contributed by atoms with Gasteiger partial charge in [-0.3, -0.25) is 0 Å². The van der Waals surface area contributed by atoms with Crippen molar-refractivity contribution in [3.63, 3.8) is 0 Å². The Hall–Kier alpha value is -2.20. The molecule has 2 heterocycles. The van der Waals surface area contributed by atoms with E-state index in [9.17, 15) is 0 Å². The molecule has 0 spiro atoms. The molecule has 1 aliphatic rings. The van der Waals surface area contributed by atoms with Crippen molar-refractivity contribution in [3.05, 3.63) is 60.2 Å². The summed E-state index contributed by atoms with van der Waals surface area (Å²) in [6, 6.07) is 18.6. The van der Waals surface area contributed by atoms with E-state index in [1.165, 1.54) is 5.56 Å². The molecule has 2 atom stereocenters. The van der Waals surface area contributed by atoms with Crippen LogP contribution < -0.4 is 0 Å². The van der Waals surface area contributed by atoms with Gasteiger partial charge in [-0.2, -0.15) is 0 Å². The highest BCUT2D eigenvalue weighted by atomic mass is 16.6.